The van der Waals surface area contributed by atoms with Gasteiger partial charge in [0.05, 0.1) is 5.69 Å². The van der Waals surface area contributed by atoms with Crippen molar-refractivity contribution in [3.8, 4) is 0 Å². The highest BCUT2D eigenvalue weighted by molar-refractivity contribution is 9.11. The molecule has 1 aromatic carbocycles. The molecule has 1 unspecified atom stereocenters. The van der Waals surface area contributed by atoms with Crippen LogP contribution in [0.25, 0.3) is 0 Å². The highest BCUT2D eigenvalue weighted by Crippen LogP contribution is 2.34. The van der Waals surface area contributed by atoms with Crippen LogP contribution in [0.3, 0.4) is 0 Å². The third-order valence-corrected chi connectivity index (χ3v) is 3.86. The standard InChI is InChI=1S/C11H16Br2N2/c1-3-6(2)10(14)8-4-7(12)5-9(13)11(8)15/h4-6,10H,3,14-15H2,1-2H3/t6?,10-/m1/s1. The number of halogens is 2. The molecule has 2 nitrogen and oxygen atoms in total. The number of benzene rings is 1. The molecule has 0 aromatic heterocycles. The first kappa shape index (κ1) is 13.0. The van der Waals surface area contributed by atoms with E-state index >= 15 is 0 Å². The molecular formula is C11H16Br2N2. The summed E-state index contributed by atoms with van der Waals surface area (Å²) in [6.07, 6.45) is 1.05. The van der Waals surface area contributed by atoms with Crippen molar-refractivity contribution >= 4 is 37.5 Å². The van der Waals surface area contributed by atoms with Crippen LogP contribution in [0.15, 0.2) is 21.1 Å². The van der Waals surface area contributed by atoms with Crippen LogP contribution in [0, 0.1) is 5.92 Å². The molecule has 0 bridgehead atoms. The maximum Gasteiger partial charge on any atom is 0.0507 e. The van der Waals surface area contributed by atoms with Gasteiger partial charge in [0.2, 0.25) is 0 Å². The van der Waals surface area contributed by atoms with Gasteiger partial charge in [0.15, 0.2) is 0 Å². The SMILES string of the molecule is CCC(C)[C@@H](N)c1cc(Br)cc(Br)c1N. The van der Waals surface area contributed by atoms with E-state index in [0.717, 1.165) is 26.6 Å². The third-order valence-electron chi connectivity index (χ3n) is 2.74. The second-order valence-electron chi connectivity index (χ2n) is 3.80. The summed E-state index contributed by atoms with van der Waals surface area (Å²) in [6, 6.07) is 3.92. The van der Waals surface area contributed by atoms with E-state index in [1.807, 2.05) is 12.1 Å². The molecule has 0 heterocycles. The lowest BCUT2D eigenvalue weighted by Gasteiger charge is -2.21. The Balaban J connectivity index is 3.13. The Morgan fingerprint density at radius 2 is 1.93 bits per heavy atom. The lowest BCUT2D eigenvalue weighted by atomic mass is 9.92. The van der Waals surface area contributed by atoms with E-state index in [0.29, 0.717) is 5.92 Å². The molecule has 0 aliphatic carbocycles. The van der Waals surface area contributed by atoms with Crippen molar-refractivity contribution in [1.82, 2.24) is 0 Å². The van der Waals surface area contributed by atoms with E-state index in [4.69, 9.17) is 11.5 Å². The zero-order valence-electron chi connectivity index (χ0n) is 8.93. The fourth-order valence-electron chi connectivity index (χ4n) is 1.44. The van der Waals surface area contributed by atoms with Crippen LogP contribution in [-0.4, -0.2) is 0 Å². The predicted molar refractivity (Wildman–Crippen MR) is 72.6 cm³/mol. The third kappa shape index (κ3) is 2.95. The molecule has 15 heavy (non-hydrogen) atoms. The van der Waals surface area contributed by atoms with Crippen LogP contribution in [-0.2, 0) is 0 Å². The largest absolute Gasteiger partial charge is 0.398 e. The van der Waals surface area contributed by atoms with Crippen LogP contribution in [0.1, 0.15) is 31.9 Å². The van der Waals surface area contributed by atoms with Crippen molar-refractivity contribution in [3.63, 3.8) is 0 Å². The van der Waals surface area contributed by atoms with Gasteiger partial charge in [-0.05, 0) is 39.5 Å². The smallest absolute Gasteiger partial charge is 0.0507 e. The molecule has 0 saturated heterocycles. The average Bonchev–Trinajstić information content (AvgIpc) is 2.21. The van der Waals surface area contributed by atoms with Gasteiger partial charge in [0.1, 0.15) is 0 Å². The molecule has 0 aliphatic heterocycles. The normalized spacial score (nSPS) is 15.0. The minimum absolute atomic E-state index is 0.0104. The Kier molecular flexibility index (Phi) is 4.62. The maximum atomic E-state index is 6.17. The van der Waals surface area contributed by atoms with E-state index in [1.165, 1.54) is 0 Å². The second-order valence-corrected chi connectivity index (χ2v) is 5.57. The maximum absolute atomic E-state index is 6.17. The van der Waals surface area contributed by atoms with Gasteiger partial charge < -0.3 is 11.5 Å². The number of rotatable bonds is 3. The number of nitrogen functional groups attached to an aromatic ring is 1. The highest BCUT2D eigenvalue weighted by atomic mass is 79.9. The Morgan fingerprint density at radius 3 is 2.47 bits per heavy atom. The molecule has 0 aliphatic rings. The molecule has 4 heteroatoms. The monoisotopic (exact) mass is 334 g/mol. The molecule has 1 rings (SSSR count). The summed E-state index contributed by atoms with van der Waals surface area (Å²) >= 11 is 6.87. The van der Waals surface area contributed by atoms with Gasteiger partial charge in [0, 0.05) is 15.0 Å². The first-order valence-corrected chi connectivity index (χ1v) is 6.56. The van der Waals surface area contributed by atoms with Crippen molar-refractivity contribution in [3.05, 3.63) is 26.6 Å². The molecular weight excluding hydrogens is 320 g/mol. The van der Waals surface area contributed by atoms with Crippen LogP contribution >= 0.6 is 31.9 Å². The summed E-state index contributed by atoms with van der Waals surface area (Å²) in [4.78, 5) is 0. The fourth-order valence-corrected chi connectivity index (χ4v) is 2.70. The van der Waals surface area contributed by atoms with Crippen LogP contribution in [0.2, 0.25) is 0 Å². The van der Waals surface area contributed by atoms with Gasteiger partial charge in [-0.1, -0.05) is 36.2 Å². The minimum Gasteiger partial charge on any atom is -0.398 e. The van der Waals surface area contributed by atoms with Crippen molar-refractivity contribution in [1.29, 1.82) is 0 Å². The molecule has 84 valence electrons. The molecule has 0 spiro atoms. The van der Waals surface area contributed by atoms with Gasteiger partial charge in [-0.3, -0.25) is 0 Å². The van der Waals surface area contributed by atoms with E-state index in [2.05, 4.69) is 45.7 Å². The van der Waals surface area contributed by atoms with Gasteiger partial charge in [-0.15, -0.1) is 0 Å². The van der Waals surface area contributed by atoms with Crippen LogP contribution in [0.5, 0.6) is 0 Å². The second kappa shape index (κ2) is 5.32. The Labute approximate surface area is 108 Å². The van der Waals surface area contributed by atoms with Gasteiger partial charge in [0.25, 0.3) is 0 Å². The number of nitrogens with two attached hydrogens (primary N) is 2. The van der Waals surface area contributed by atoms with Gasteiger partial charge in [-0.25, -0.2) is 0 Å². The van der Waals surface area contributed by atoms with E-state index in [9.17, 15) is 0 Å². The molecule has 4 N–H and O–H groups in total. The summed E-state index contributed by atoms with van der Waals surface area (Å²) in [5.74, 6) is 0.425. The summed E-state index contributed by atoms with van der Waals surface area (Å²) in [7, 11) is 0. The predicted octanol–water partition coefficient (Wildman–Crippen LogP) is 3.84. The zero-order valence-corrected chi connectivity index (χ0v) is 12.1. The van der Waals surface area contributed by atoms with Crippen molar-refractivity contribution in [2.24, 2.45) is 11.7 Å². The van der Waals surface area contributed by atoms with Crippen LogP contribution < -0.4 is 11.5 Å². The molecule has 0 radical (unpaired) electrons. The summed E-state index contributed by atoms with van der Waals surface area (Å²) in [5.41, 5.74) is 13.9. The average molecular weight is 336 g/mol. The first-order chi connectivity index (χ1) is 6.97. The Bertz CT molecular complexity index is 353. The lowest BCUT2D eigenvalue weighted by Crippen LogP contribution is -2.20. The summed E-state index contributed by atoms with van der Waals surface area (Å²) in [5, 5.41) is 0. The topological polar surface area (TPSA) is 52.0 Å². The van der Waals surface area contributed by atoms with Gasteiger partial charge in [-0.2, -0.15) is 0 Å². The number of hydrogen-bond acceptors (Lipinski definition) is 2. The molecule has 2 atom stereocenters. The van der Waals surface area contributed by atoms with Crippen molar-refractivity contribution in [2.45, 2.75) is 26.3 Å². The zero-order chi connectivity index (χ0) is 11.6. The van der Waals surface area contributed by atoms with E-state index in [-0.39, 0.29) is 6.04 Å². The Hall–Kier alpha value is -0.0600. The highest BCUT2D eigenvalue weighted by Gasteiger charge is 2.17. The minimum atomic E-state index is -0.0104. The van der Waals surface area contributed by atoms with Crippen LogP contribution in [0.4, 0.5) is 5.69 Å². The van der Waals surface area contributed by atoms with Crippen molar-refractivity contribution in [2.75, 3.05) is 5.73 Å². The molecule has 0 fully saturated rings. The summed E-state index contributed by atoms with van der Waals surface area (Å²) in [6.45, 7) is 4.27. The van der Waals surface area contributed by atoms with Crippen molar-refractivity contribution < 1.29 is 0 Å². The molecule has 1 aromatic rings. The fraction of sp³-hybridized carbons (Fsp3) is 0.455. The van der Waals surface area contributed by atoms with Gasteiger partial charge >= 0.3 is 0 Å². The Morgan fingerprint density at radius 1 is 1.33 bits per heavy atom. The quantitative estimate of drug-likeness (QED) is 0.824. The molecule has 0 amide bonds. The number of hydrogen-bond donors (Lipinski definition) is 2. The first-order valence-electron chi connectivity index (χ1n) is 4.97. The van der Waals surface area contributed by atoms with E-state index in [1.54, 1.807) is 0 Å². The summed E-state index contributed by atoms with van der Waals surface area (Å²) < 4.78 is 1.89. The lowest BCUT2D eigenvalue weighted by molar-refractivity contribution is 0.457. The molecule has 0 saturated carbocycles. The van der Waals surface area contributed by atoms with E-state index < -0.39 is 0 Å². The number of anilines is 1.